The third-order valence-corrected chi connectivity index (χ3v) is 4.54. The Morgan fingerprint density at radius 1 is 1.07 bits per heavy atom. The smallest absolute Gasteiger partial charge is 0.339 e. The number of ether oxygens (including phenoxy) is 2. The predicted molar refractivity (Wildman–Crippen MR) is 107 cm³/mol. The molecule has 1 atom stereocenters. The highest BCUT2D eigenvalue weighted by Crippen LogP contribution is 2.31. The first kappa shape index (κ1) is 21.0. The van der Waals surface area contributed by atoms with E-state index >= 15 is 0 Å². The lowest BCUT2D eigenvalue weighted by atomic mass is 9.93. The molecule has 0 saturated heterocycles. The van der Waals surface area contributed by atoms with Gasteiger partial charge in [0.1, 0.15) is 6.10 Å². The van der Waals surface area contributed by atoms with Crippen LogP contribution in [0, 0.1) is 0 Å². The van der Waals surface area contributed by atoms with Crippen LogP contribution in [-0.4, -0.2) is 43.4 Å². The van der Waals surface area contributed by atoms with Gasteiger partial charge in [0.25, 0.3) is 5.91 Å². The summed E-state index contributed by atoms with van der Waals surface area (Å²) in [6.07, 6.45) is -0.00306. The van der Waals surface area contributed by atoms with Crippen molar-refractivity contribution in [1.29, 1.82) is 0 Å². The largest absolute Gasteiger partial charge is 0.454 e. The standard InChI is InChI=1S/C22H22N2O6/c1-2-23-19(25)12-24-20(26)13-29-21(27)15-8-9-17-16(10-15)11-18(30-22(17)28)14-6-4-3-5-7-14/h3-10,18H,2,11-13H2,1H3,(H,23,25)(H,24,26)/t18-/m1/s1. The Bertz CT molecular complexity index is 957. The Labute approximate surface area is 173 Å². The molecule has 8 heteroatoms. The second-order valence-electron chi connectivity index (χ2n) is 6.69. The van der Waals surface area contributed by atoms with Crippen molar-refractivity contribution in [1.82, 2.24) is 10.6 Å². The van der Waals surface area contributed by atoms with E-state index in [9.17, 15) is 19.2 Å². The summed E-state index contributed by atoms with van der Waals surface area (Å²) >= 11 is 0. The minimum absolute atomic E-state index is 0.188. The third kappa shape index (κ3) is 5.22. The molecular weight excluding hydrogens is 388 g/mol. The van der Waals surface area contributed by atoms with Crippen molar-refractivity contribution in [2.45, 2.75) is 19.4 Å². The summed E-state index contributed by atoms with van der Waals surface area (Å²) in [4.78, 5) is 47.7. The van der Waals surface area contributed by atoms with Crippen molar-refractivity contribution in [2.24, 2.45) is 0 Å². The van der Waals surface area contributed by atoms with Crippen molar-refractivity contribution in [3.63, 3.8) is 0 Å². The molecule has 0 fully saturated rings. The number of nitrogens with one attached hydrogen (secondary N) is 2. The van der Waals surface area contributed by atoms with Crippen molar-refractivity contribution in [2.75, 3.05) is 19.7 Å². The summed E-state index contributed by atoms with van der Waals surface area (Å²) in [7, 11) is 0. The van der Waals surface area contributed by atoms with Crippen molar-refractivity contribution < 1.29 is 28.7 Å². The molecule has 1 aliphatic heterocycles. The average Bonchev–Trinajstić information content (AvgIpc) is 2.76. The monoisotopic (exact) mass is 410 g/mol. The molecule has 3 rings (SSSR count). The quantitative estimate of drug-likeness (QED) is 0.670. The number of rotatable bonds is 7. The number of likely N-dealkylation sites (N-methyl/N-ethyl adjacent to an activating group) is 1. The number of esters is 2. The number of fused-ring (bicyclic) bond motifs is 1. The maximum Gasteiger partial charge on any atom is 0.339 e. The molecule has 2 aromatic rings. The number of hydrogen-bond acceptors (Lipinski definition) is 6. The van der Waals surface area contributed by atoms with E-state index in [2.05, 4.69) is 10.6 Å². The van der Waals surface area contributed by atoms with Gasteiger partial charge in [-0.2, -0.15) is 0 Å². The molecule has 0 aliphatic carbocycles. The fourth-order valence-electron chi connectivity index (χ4n) is 3.08. The van der Waals surface area contributed by atoms with Crippen LogP contribution in [0.1, 0.15) is 44.9 Å². The van der Waals surface area contributed by atoms with Crippen molar-refractivity contribution in [3.8, 4) is 0 Å². The fraction of sp³-hybridized carbons (Fsp3) is 0.273. The average molecular weight is 410 g/mol. The van der Waals surface area contributed by atoms with Gasteiger partial charge in [-0.15, -0.1) is 0 Å². The van der Waals surface area contributed by atoms with Crippen LogP contribution >= 0.6 is 0 Å². The van der Waals surface area contributed by atoms with E-state index in [0.29, 0.717) is 24.1 Å². The van der Waals surface area contributed by atoms with Gasteiger partial charge < -0.3 is 20.1 Å². The number of benzene rings is 2. The summed E-state index contributed by atoms with van der Waals surface area (Å²) in [6.45, 7) is 1.53. The maximum atomic E-state index is 12.3. The van der Waals surface area contributed by atoms with E-state index in [4.69, 9.17) is 9.47 Å². The zero-order valence-corrected chi connectivity index (χ0v) is 16.5. The number of cyclic esters (lactones) is 1. The van der Waals surface area contributed by atoms with Crippen LogP contribution in [0.2, 0.25) is 0 Å². The van der Waals surface area contributed by atoms with Gasteiger partial charge in [-0.3, -0.25) is 9.59 Å². The van der Waals surface area contributed by atoms with Crippen LogP contribution in [-0.2, 0) is 25.5 Å². The highest BCUT2D eigenvalue weighted by atomic mass is 16.5. The molecule has 1 heterocycles. The van der Waals surface area contributed by atoms with E-state index in [1.807, 2.05) is 30.3 Å². The number of hydrogen-bond donors (Lipinski definition) is 2. The van der Waals surface area contributed by atoms with E-state index in [1.54, 1.807) is 13.0 Å². The second-order valence-corrected chi connectivity index (χ2v) is 6.69. The van der Waals surface area contributed by atoms with Crippen LogP contribution in [0.4, 0.5) is 0 Å². The molecule has 8 nitrogen and oxygen atoms in total. The van der Waals surface area contributed by atoms with Gasteiger partial charge in [0.15, 0.2) is 6.61 Å². The number of carbonyl (C=O) groups is 4. The minimum Gasteiger partial charge on any atom is -0.454 e. The van der Waals surface area contributed by atoms with E-state index in [-0.39, 0.29) is 18.0 Å². The molecule has 30 heavy (non-hydrogen) atoms. The molecule has 1 aliphatic rings. The van der Waals surface area contributed by atoms with Gasteiger partial charge in [-0.1, -0.05) is 30.3 Å². The first-order valence-electron chi connectivity index (χ1n) is 9.57. The predicted octanol–water partition coefficient (Wildman–Crippen LogP) is 1.55. The van der Waals surface area contributed by atoms with Gasteiger partial charge in [0.05, 0.1) is 17.7 Å². The third-order valence-electron chi connectivity index (χ3n) is 4.54. The highest BCUT2D eigenvalue weighted by Gasteiger charge is 2.28. The fourth-order valence-corrected chi connectivity index (χ4v) is 3.08. The van der Waals surface area contributed by atoms with E-state index in [1.165, 1.54) is 12.1 Å². The molecule has 0 aromatic heterocycles. The molecule has 2 amide bonds. The summed E-state index contributed by atoms with van der Waals surface area (Å²) in [5, 5.41) is 4.90. The lowest BCUT2D eigenvalue weighted by molar-refractivity contribution is -0.127. The van der Waals surface area contributed by atoms with Crippen molar-refractivity contribution in [3.05, 3.63) is 70.8 Å². The van der Waals surface area contributed by atoms with Crippen LogP contribution in [0.25, 0.3) is 0 Å². The van der Waals surface area contributed by atoms with Gasteiger partial charge >= 0.3 is 11.9 Å². The molecule has 2 aromatic carbocycles. The summed E-state index contributed by atoms with van der Waals surface area (Å²) in [5.41, 5.74) is 2.17. The van der Waals surface area contributed by atoms with Gasteiger partial charge in [0.2, 0.25) is 5.91 Å². The first-order chi connectivity index (χ1) is 14.5. The minimum atomic E-state index is -0.693. The maximum absolute atomic E-state index is 12.3. The SMILES string of the molecule is CCNC(=O)CNC(=O)COC(=O)c1ccc2c(c1)C[C@H](c1ccccc1)OC2=O. The molecular formula is C22H22N2O6. The number of amides is 2. The summed E-state index contributed by atoms with van der Waals surface area (Å²) < 4.78 is 10.5. The van der Waals surface area contributed by atoms with E-state index in [0.717, 1.165) is 5.56 Å². The second kappa shape index (κ2) is 9.69. The van der Waals surface area contributed by atoms with E-state index < -0.39 is 30.6 Å². The Kier molecular flexibility index (Phi) is 6.79. The summed E-state index contributed by atoms with van der Waals surface area (Å²) in [6, 6.07) is 13.9. The molecule has 0 radical (unpaired) electrons. The molecule has 156 valence electrons. The normalized spacial score (nSPS) is 14.8. The highest BCUT2D eigenvalue weighted by molar-refractivity contribution is 5.96. The summed E-state index contributed by atoms with van der Waals surface area (Å²) in [5.74, 6) is -2.05. The topological polar surface area (TPSA) is 111 Å². The molecule has 0 bridgehead atoms. The van der Waals surface area contributed by atoms with Crippen LogP contribution in [0.3, 0.4) is 0 Å². The van der Waals surface area contributed by atoms with Gasteiger partial charge in [0, 0.05) is 13.0 Å². The Morgan fingerprint density at radius 2 is 1.83 bits per heavy atom. The molecule has 2 N–H and O–H groups in total. The van der Waals surface area contributed by atoms with Gasteiger partial charge in [-0.05, 0) is 36.2 Å². The first-order valence-corrected chi connectivity index (χ1v) is 9.57. The van der Waals surface area contributed by atoms with Crippen LogP contribution < -0.4 is 10.6 Å². The molecule has 0 unspecified atom stereocenters. The lowest BCUT2D eigenvalue weighted by Gasteiger charge is -2.25. The van der Waals surface area contributed by atoms with Gasteiger partial charge in [-0.25, -0.2) is 9.59 Å². The number of carbonyl (C=O) groups excluding carboxylic acids is 4. The Hall–Kier alpha value is -3.68. The lowest BCUT2D eigenvalue weighted by Crippen LogP contribution is -2.38. The van der Waals surface area contributed by atoms with Crippen molar-refractivity contribution >= 4 is 23.8 Å². The zero-order chi connectivity index (χ0) is 21.5. The Balaban J connectivity index is 1.61. The van der Waals surface area contributed by atoms with Crippen LogP contribution in [0.15, 0.2) is 48.5 Å². The molecule has 0 spiro atoms. The zero-order valence-electron chi connectivity index (χ0n) is 16.5. The van der Waals surface area contributed by atoms with Crippen LogP contribution in [0.5, 0.6) is 0 Å². The Morgan fingerprint density at radius 3 is 2.57 bits per heavy atom. The molecule has 0 saturated carbocycles.